The standard InChI is InChI=1S/C22H29N2O3/c1-22(2,27-18-20-4-3-9-23-17-20)16-19-5-7-21(8-6-19)26-15-12-24-10-13-25-14-11-24/h3-9,16-17H,10-15,18H2,1-2H3. The lowest BCUT2D eigenvalue weighted by molar-refractivity contribution is -0.00260. The van der Waals surface area contributed by atoms with Gasteiger partial charge in [0.1, 0.15) is 12.4 Å². The van der Waals surface area contributed by atoms with Crippen molar-refractivity contribution in [3.05, 3.63) is 66.3 Å². The van der Waals surface area contributed by atoms with E-state index >= 15 is 0 Å². The van der Waals surface area contributed by atoms with Crippen LogP contribution in [0.5, 0.6) is 5.75 Å². The van der Waals surface area contributed by atoms with Crippen LogP contribution in [0, 0.1) is 6.42 Å². The minimum Gasteiger partial charge on any atom is -0.492 e. The summed E-state index contributed by atoms with van der Waals surface area (Å²) in [5.41, 5.74) is 1.82. The molecule has 2 heterocycles. The minimum absolute atomic E-state index is 0.367. The molecule has 0 aliphatic carbocycles. The van der Waals surface area contributed by atoms with Crippen LogP contribution in [0.15, 0.2) is 48.8 Å². The molecule has 1 aromatic carbocycles. The van der Waals surface area contributed by atoms with Crippen molar-refractivity contribution in [3.8, 4) is 5.75 Å². The Balaban J connectivity index is 1.42. The van der Waals surface area contributed by atoms with Gasteiger partial charge in [0.25, 0.3) is 0 Å². The number of nitrogens with zero attached hydrogens (tertiary/aromatic N) is 2. The van der Waals surface area contributed by atoms with Gasteiger partial charge in [-0.05, 0) is 43.2 Å². The first-order valence-electron chi connectivity index (χ1n) is 9.52. The van der Waals surface area contributed by atoms with E-state index in [4.69, 9.17) is 14.2 Å². The van der Waals surface area contributed by atoms with E-state index in [1.807, 2.05) is 30.5 Å². The molecule has 0 atom stereocenters. The molecule has 0 N–H and O–H groups in total. The van der Waals surface area contributed by atoms with Crippen LogP contribution in [0.4, 0.5) is 0 Å². The highest BCUT2D eigenvalue weighted by molar-refractivity contribution is 5.33. The van der Waals surface area contributed by atoms with Gasteiger partial charge in [0, 0.05) is 38.4 Å². The Kier molecular flexibility index (Phi) is 7.21. The fraction of sp³-hybridized carbons (Fsp3) is 0.455. The Morgan fingerprint density at radius 3 is 2.63 bits per heavy atom. The molecule has 0 bridgehead atoms. The number of rotatable bonds is 9. The topological polar surface area (TPSA) is 43.8 Å². The lowest BCUT2D eigenvalue weighted by Crippen LogP contribution is -2.38. The number of hydrogen-bond acceptors (Lipinski definition) is 5. The molecule has 0 saturated carbocycles. The fourth-order valence-electron chi connectivity index (χ4n) is 2.97. The van der Waals surface area contributed by atoms with Gasteiger partial charge < -0.3 is 14.2 Å². The Hall–Kier alpha value is -1.95. The normalized spacial score (nSPS) is 15.6. The van der Waals surface area contributed by atoms with Crippen molar-refractivity contribution in [2.75, 3.05) is 39.5 Å². The van der Waals surface area contributed by atoms with Crippen LogP contribution in [-0.2, 0) is 16.1 Å². The van der Waals surface area contributed by atoms with Gasteiger partial charge in [0.05, 0.1) is 25.4 Å². The van der Waals surface area contributed by atoms with Gasteiger partial charge in [-0.2, -0.15) is 0 Å². The number of morpholine rings is 1. The third-order valence-corrected chi connectivity index (χ3v) is 4.51. The predicted octanol–water partition coefficient (Wildman–Crippen LogP) is 3.34. The van der Waals surface area contributed by atoms with E-state index in [1.165, 1.54) is 0 Å². The molecule has 0 amide bonds. The van der Waals surface area contributed by atoms with Crippen molar-refractivity contribution >= 4 is 0 Å². The third-order valence-electron chi connectivity index (χ3n) is 4.51. The number of pyridine rings is 1. The molecular weight excluding hydrogens is 340 g/mol. The SMILES string of the molecule is CC(C)([CH]c1ccc(OCCN2CCOCC2)cc1)OCc1cccnc1. The Bertz CT molecular complexity index is 668. The van der Waals surface area contributed by atoms with Gasteiger partial charge in [-0.15, -0.1) is 0 Å². The maximum Gasteiger partial charge on any atom is 0.119 e. The van der Waals surface area contributed by atoms with Crippen LogP contribution in [0.2, 0.25) is 0 Å². The van der Waals surface area contributed by atoms with E-state index in [-0.39, 0.29) is 5.60 Å². The molecule has 3 rings (SSSR count). The zero-order valence-electron chi connectivity index (χ0n) is 16.3. The first-order valence-corrected chi connectivity index (χ1v) is 9.52. The summed E-state index contributed by atoms with van der Waals surface area (Å²) in [6, 6.07) is 12.1. The summed E-state index contributed by atoms with van der Waals surface area (Å²) in [6.45, 7) is 9.94. The van der Waals surface area contributed by atoms with Crippen LogP contribution < -0.4 is 4.74 Å². The first kappa shape index (κ1) is 19.8. The highest BCUT2D eigenvalue weighted by atomic mass is 16.5. The lowest BCUT2D eigenvalue weighted by Gasteiger charge is -2.26. The van der Waals surface area contributed by atoms with Gasteiger partial charge in [0.2, 0.25) is 0 Å². The Labute approximate surface area is 162 Å². The minimum atomic E-state index is -0.367. The molecule has 0 unspecified atom stereocenters. The summed E-state index contributed by atoms with van der Waals surface area (Å²) in [5, 5.41) is 0. The Morgan fingerprint density at radius 2 is 1.93 bits per heavy atom. The third kappa shape index (κ3) is 6.94. The number of benzene rings is 1. The molecule has 5 nitrogen and oxygen atoms in total. The number of ether oxygens (including phenoxy) is 3. The first-order chi connectivity index (χ1) is 13.1. The number of hydrogen-bond donors (Lipinski definition) is 0. The second-order valence-corrected chi connectivity index (χ2v) is 7.27. The van der Waals surface area contributed by atoms with Crippen molar-refractivity contribution in [2.24, 2.45) is 0 Å². The van der Waals surface area contributed by atoms with Crippen molar-refractivity contribution in [3.63, 3.8) is 0 Å². The van der Waals surface area contributed by atoms with Crippen molar-refractivity contribution in [1.29, 1.82) is 0 Å². The monoisotopic (exact) mass is 369 g/mol. The molecule has 2 aromatic rings. The molecule has 1 aromatic heterocycles. The largest absolute Gasteiger partial charge is 0.492 e. The second kappa shape index (κ2) is 9.83. The van der Waals surface area contributed by atoms with E-state index in [2.05, 4.69) is 42.3 Å². The van der Waals surface area contributed by atoms with Crippen LogP contribution in [0.25, 0.3) is 0 Å². The zero-order valence-corrected chi connectivity index (χ0v) is 16.3. The molecule has 5 heteroatoms. The smallest absolute Gasteiger partial charge is 0.119 e. The zero-order chi connectivity index (χ0) is 19.0. The van der Waals surface area contributed by atoms with Crippen LogP contribution in [-0.4, -0.2) is 54.9 Å². The van der Waals surface area contributed by atoms with Crippen LogP contribution in [0.3, 0.4) is 0 Å². The van der Waals surface area contributed by atoms with Gasteiger partial charge >= 0.3 is 0 Å². The highest BCUT2D eigenvalue weighted by Crippen LogP contribution is 2.23. The molecule has 145 valence electrons. The molecule has 1 saturated heterocycles. The summed E-state index contributed by atoms with van der Waals surface area (Å²) in [5.74, 6) is 0.898. The molecule has 27 heavy (non-hydrogen) atoms. The van der Waals surface area contributed by atoms with Gasteiger partial charge in [-0.3, -0.25) is 9.88 Å². The molecule has 1 radical (unpaired) electrons. The molecular formula is C22H29N2O3. The van der Waals surface area contributed by atoms with E-state index in [9.17, 15) is 0 Å². The van der Waals surface area contributed by atoms with E-state index in [0.717, 1.165) is 49.7 Å². The maximum absolute atomic E-state index is 6.04. The molecule has 1 aliphatic heterocycles. The Morgan fingerprint density at radius 1 is 1.15 bits per heavy atom. The maximum atomic E-state index is 6.04. The fourth-order valence-corrected chi connectivity index (χ4v) is 2.97. The summed E-state index contributed by atoms with van der Waals surface area (Å²) in [4.78, 5) is 6.49. The second-order valence-electron chi connectivity index (χ2n) is 7.27. The van der Waals surface area contributed by atoms with E-state index in [0.29, 0.717) is 13.2 Å². The van der Waals surface area contributed by atoms with E-state index in [1.54, 1.807) is 6.20 Å². The van der Waals surface area contributed by atoms with Crippen LogP contribution in [0.1, 0.15) is 25.0 Å². The highest BCUT2D eigenvalue weighted by Gasteiger charge is 2.20. The predicted molar refractivity (Wildman–Crippen MR) is 106 cm³/mol. The lowest BCUT2D eigenvalue weighted by atomic mass is 9.98. The van der Waals surface area contributed by atoms with Gasteiger partial charge in [-0.1, -0.05) is 18.2 Å². The number of aromatic nitrogens is 1. The van der Waals surface area contributed by atoms with Gasteiger partial charge in [0.15, 0.2) is 0 Å². The van der Waals surface area contributed by atoms with E-state index < -0.39 is 0 Å². The summed E-state index contributed by atoms with van der Waals surface area (Å²) >= 11 is 0. The molecule has 0 spiro atoms. The average molecular weight is 369 g/mol. The van der Waals surface area contributed by atoms with Crippen molar-refractivity contribution in [2.45, 2.75) is 26.1 Å². The molecule has 1 fully saturated rings. The average Bonchev–Trinajstić information content (AvgIpc) is 2.69. The summed E-state index contributed by atoms with van der Waals surface area (Å²) < 4.78 is 17.3. The van der Waals surface area contributed by atoms with Crippen molar-refractivity contribution in [1.82, 2.24) is 9.88 Å². The summed E-state index contributed by atoms with van der Waals surface area (Å²) in [7, 11) is 0. The molecule has 1 aliphatic rings. The van der Waals surface area contributed by atoms with Crippen LogP contribution >= 0.6 is 0 Å². The van der Waals surface area contributed by atoms with Crippen molar-refractivity contribution < 1.29 is 14.2 Å². The quantitative estimate of drug-likeness (QED) is 0.678. The summed E-state index contributed by atoms with van der Waals surface area (Å²) in [6.07, 6.45) is 5.73. The van der Waals surface area contributed by atoms with Gasteiger partial charge in [-0.25, -0.2) is 0 Å².